The topological polar surface area (TPSA) is 95.5 Å². The third kappa shape index (κ3) is 2.66. The molecule has 0 aliphatic rings. The summed E-state index contributed by atoms with van der Waals surface area (Å²) in [6, 6.07) is 3.95. The number of benzene rings is 1. The lowest BCUT2D eigenvalue weighted by Crippen LogP contribution is -2.01. The summed E-state index contributed by atoms with van der Waals surface area (Å²) in [5.74, 6) is 0.635. The first-order valence-electron chi connectivity index (χ1n) is 5.81. The summed E-state index contributed by atoms with van der Waals surface area (Å²) in [5.41, 5.74) is 1.51. The lowest BCUT2D eigenvalue weighted by atomic mass is 10.2. The molecule has 0 spiro atoms. The maximum absolute atomic E-state index is 10.9. The average Bonchev–Trinajstić information content (AvgIpc) is 2.75. The first kappa shape index (κ1) is 13.7. The molecule has 1 aromatic heterocycles. The molecule has 0 radical (unpaired) electrons. The Morgan fingerprint density at radius 3 is 2.75 bits per heavy atom. The highest BCUT2D eigenvalue weighted by Gasteiger charge is 2.17. The SMILES string of the molecule is Cc1noc(C)c1COc1cc(C=O)ccc1[N+](=O)[O-]. The van der Waals surface area contributed by atoms with E-state index in [2.05, 4.69) is 5.16 Å². The van der Waals surface area contributed by atoms with Gasteiger partial charge in [-0.25, -0.2) is 0 Å². The van der Waals surface area contributed by atoms with Gasteiger partial charge in [-0.2, -0.15) is 0 Å². The van der Waals surface area contributed by atoms with Gasteiger partial charge in [0.15, 0.2) is 5.75 Å². The second-order valence-corrected chi connectivity index (χ2v) is 4.19. The van der Waals surface area contributed by atoms with Crippen LogP contribution in [0.2, 0.25) is 0 Å². The fourth-order valence-electron chi connectivity index (χ4n) is 1.73. The predicted octanol–water partition coefficient (Wildman–Crippen LogP) is 2.59. The van der Waals surface area contributed by atoms with Gasteiger partial charge in [-0.1, -0.05) is 5.16 Å². The molecular formula is C13H12N2O5. The van der Waals surface area contributed by atoms with Crippen LogP contribution < -0.4 is 4.74 Å². The quantitative estimate of drug-likeness (QED) is 0.473. The van der Waals surface area contributed by atoms with Crippen LogP contribution in [0.3, 0.4) is 0 Å². The smallest absolute Gasteiger partial charge is 0.310 e. The molecule has 104 valence electrons. The Hall–Kier alpha value is -2.70. The number of carbonyl (C=O) groups is 1. The number of nitro benzene ring substituents is 1. The molecule has 0 saturated carbocycles. The van der Waals surface area contributed by atoms with Gasteiger partial charge in [-0.15, -0.1) is 0 Å². The zero-order valence-corrected chi connectivity index (χ0v) is 11.0. The summed E-state index contributed by atoms with van der Waals surface area (Å²) < 4.78 is 10.4. The molecule has 0 atom stereocenters. The molecule has 0 bridgehead atoms. The lowest BCUT2D eigenvalue weighted by Gasteiger charge is -2.07. The Labute approximate surface area is 114 Å². The number of carbonyl (C=O) groups excluding carboxylic acids is 1. The van der Waals surface area contributed by atoms with Gasteiger partial charge in [0.05, 0.1) is 16.2 Å². The predicted molar refractivity (Wildman–Crippen MR) is 68.8 cm³/mol. The van der Waals surface area contributed by atoms with Gasteiger partial charge in [-0.3, -0.25) is 14.9 Å². The summed E-state index contributed by atoms with van der Waals surface area (Å²) in [5, 5.41) is 14.7. The van der Waals surface area contributed by atoms with Crippen LogP contribution in [0.5, 0.6) is 5.75 Å². The fraction of sp³-hybridized carbons (Fsp3) is 0.231. The monoisotopic (exact) mass is 276 g/mol. The van der Waals surface area contributed by atoms with E-state index in [1.54, 1.807) is 13.8 Å². The van der Waals surface area contributed by atoms with Crippen LogP contribution in [0, 0.1) is 24.0 Å². The number of nitro groups is 1. The summed E-state index contributed by atoms with van der Waals surface area (Å²) in [6.45, 7) is 3.57. The molecule has 0 saturated heterocycles. The van der Waals surface area contributed by atoms with E-state index < -0.39 is 4.92 Å². The van der Waals surface area contributed by atoms with Gasteiger partial charge < -0.3 is 9.26 Å². The molecule has 0 amide bonds. The van der Waals surface area contributed by atoms with Crippen molar-refractivity contribution in [2.75, 3.05) is 0 Å². The third-order valence-electron chi connectivity index (χ3n) is 2.87. The van der Waals surface area contributed by atoms with Gasteiger partial charge in [0.25, 0.3) is 0 Å². The van der Waals surface area contributed by atoms with Crippen LogP contribution in [0.25, 0.3) is 0 Å². The Morgan fingerprint density at radius 1 is 1.45 bits per heavy atom. The van der Waals surface area contributed by atoms with Crippen molar-refractivity contribution < 1.29 is 19.0 Å². The number of aromatic nitrogens is 1. The Morgan fingerprint density at radius 2 is 2.20 bits per heavy atom. The van der Waals surface area contributed by atoms with E-state index in [0.717, 1.165) is 5.56 Å². The maximum Gasteiger partial charge on any atom is 0.310 e. The third-order valence-corrected chi connectivity index (χ3v) is 2.87. The maximum atomic E-state index is 10.9. The van der Waals surface area contributed by atoms with Gasteiger partial charge in [0.1, 0.15) is 18.7 Å². The molecule has 0 aliphatic carbocycles. The molecule has 1 aromatic carbocycles. The minimum Gasteiger partial charge on any atom is -0.482 e. The molecule has 7 nitrogen and oxygen atoms in total. The first-order chi connectivity index (χ1) is 9.52. The minimum absolute atomic E-state index is 0.0413. The summed E-state index contributed by atoms with van der Waals surface area (Å²) in [6.07, 6.45) is 0.604. The van der Waals surface area contributed by atoms with E-state index in [0.29, 0.717) is 23.3 Å². The second-order valence-electron chi connectivity index (χ2n) is 4.19. The normalized spacial score (nSPS) is 10.3. The zero-order chi connectivity index (χ0) is 14.7. The fourth-order valence-corrected chi connectivity index (χ4v) is 1.73. The molecule has 2 aromatic rings. The molecule has 0 unspecified atom stereocenters. The molecule has 2 rings (SSSR count). The molecule has 0 N–H and O–H groups in total. The number of nitrogens with zero attached hydrogens (tertiary/aromatic N) is 2. The van der Waals surface area contributed by atoms with Crippen molar-refractivity contribution in [2.45, 2.75) is 20.5 Å². The van der Waals surface area contributed by atoms with Gasteiger partial charge in [0.2, 0.25) is 0 Å². The van der Waals surface area contributed by atoms with Crippen molar-refractivity contribution in [1.29, 1.82) is 0 Å². The average molecular weight is 276 g/mol. The van der Waals surface area contributed by atoms with Crippen molar-refractivity contribution in [3.63, 3.8) is 0 Å². The molecule has 20 heavy (non-hydrogen) atoms. The Balaban J connectivity index is 2.28. The van der Waals surface area contributed by atoms with Crippen molar-refractivity contribution in [3.05, 3.63) is 50.9 Å². The zero-order valence-electron chi connectivity index (χ0n) is 11.0. The molecule has 1 heterocycles. The number of aldehydes is 1. The number of rotatable bonds is 5. The van der Waals surface area contributed by atoms with Crippen molar-refractivity contribution >= 4 is 12.0 Å². The van der Waals surface area contributed by atoms with Gasteiger partial charge in [0, 0.05) is 11.6 Å². The molecule has 0 fully saturated rings. The van der Waals surface area contributed by atoms with E-state index in [-0.39, 0.29) is 18.0 Å². The standard InChI is InChI=1S/C13H12N2O5/c1-8-11(9(2)20-14-8)7-19-13-5-10(6-16)3-4-12(13)15(17)18/h3-6H,7H2,1-2H3. The number of ether oxygens (including phenoxy) is 1. The highest BCUT2D eigenvalue weighted by atomic mass is 16.6. The van der Waals surface area contributed by atoms with E-state index >= 15 is 0 Å². The van der Waals surface area contributed by atoms with Crippen LogP contribution in [0.15, 0.2) is 22.7 Å². The van der Waals surface area contributed by atoms with Crippen molar-refractivity contribution in [3.8, 4) is 5.75 Å². The second kappa shape index (κ2) is 5.52. The van der Waals surface area contributed by atoms with Crippen molar-refractivity contribution in [2.24, 2.45) is 0 Å². The Kier molecular flexibility index (Phi) is 3.79. The van der Waals surface area contributed by atoms with Crippen LogP contribution >= 0.6 is 0 Å². The summed E-state index contributed by atoms with van der Waals surface area (Å²) in [7, 11) is 0. The van der Waals surface area contributed by atoms with Crippen LogP contribution in [-0.4, -0.2) is 16.4 Å². The van der Waals surface area contributed by atoms with E-state index in [1.807, 2.05) is 0 Å². The molecular weight excluding hydrogens is 264 g/mol. The van der Waals surface area contributed by atoms with Crippen LogP contribution in [0.4, 0.5) is 5.69 Å². The van der Waals surface area contributed by atoms with Crippen molar-refractivity contribution in [1.82, 2.24) is 5.16 Å². The summed E-state index contributed by atoms with van der Waals surface area (Å²) >= 11 is 0. The Bertz CT molecular complexity index is 643. The van der Waals surface area contributed by atoms with E-state index in [9.17, 15) is 14.9 Å². The minimum atomic E-state index is -0.558. The first-order valence-corrected chi connectivity index (χ1v) is 5.81. The molecule has 7 heteroatoms. The number of hydrogen-bond donors (Lipinski definition) is 0. The molecule has 0 aliphatic heterocycles. The highest BCUT2D eigenvalue weighted by molar-refractivity contribution is 5.76. The lowest BCUT2D eigenvalue weighted by molar-refractivity contribution is -0.385. The highest BCUT2D eigenvalue weighted by Crippen LogP contribution is 2.29. The van der Waals surface area contributed by atoms with Gasteiger partial charge >= 0.3 is 5.69 Å². The van der Waals surface area contributed by atoms with Crippen LogP contribution in [0.1, 0.15) is 27.4 Å². The van der Waals surface area contributed by atoms with Crippen LogP contribution in [-0.2, 0) is 6.61 Å². The largest absolute Gasteiger partial charge is 0.482 e. The summed E-state index contributed by atoms with van der Waals surface area (Å²) in [4.78, 5) is 21.1. The van der Waals surface area contributed by atoms with E-state index in [4.69, 9.17) is 9.26 Å². The number of hydrogen-bond acceptors (Lipinski definition) is 6. The van der Waals surface area contributed by atoms with E-state index in [1.165, 1.54) is 18.2 Å². The van der Waals surface area contributed by atoms with Gasteiger partial charge in [-0.05, 0) is 26.0 Å². The number of aryl methyl sites for hydroxylation is 2.